The Morgan fingerprint density at radius 2 is 2.16 bits per heavy atom. The molecule has 5 nitrogen and oxygen atoms in total. The predicted molar refractivity (Wildman–Crippen MR) is 70.2 cm³/mol. The topological polar surface area (TPSA) is 70.5 Å². The molecule has 1 atom stereocenters. The zero-order valence-electron chi connectivity index (χ0n) is 10.8. The maximum absolute atomic E-state index is 12.3. The molecule has 1 spiro atoms. The van der Waals surface area contributed by atoms with Gasteiger partial charge >= 0.3 is 5.97 Å². The van der Waals surface area contributed by atoms with Crippen LogP contribution in [0.15, 0.2) is 5.51 Å². The van der Waals surface area contributed by atoms with Gasteiger partial charge in [-0.2, -0.15) is 0 Å². The molecule has 2 aliphatic rings. The van der Waals surface area contributed by atoms with Gasteiger partial charge in [0.15, 0.2) is 0 Å². The summed E-state index contributed by atoms with van der Waals surface area (Å²) in [4.78, 5) is 30.0. The molecule has 2 heterocycles. The molecule has 0 radical (unpaired) electrons. The molecule has 0 aromatic carbocycles. The summed E-state index contributed by atoms with van der Waals surface area (Å²) < 4.78 is 0. The number of hydrogen-bond acceptors (Lipinski definition) is 4. The van der Waals surface area contributed by atoms with E-state index in [1.165, 1.54) is 11.3 Å². The van der Waals surface area contributed by atoms with Crippen molar-refractivity contribution in [3.63, 3.8) is 0 Å². The quantitative estimate of drug-likeness (QED) is 0.896. The lowest BCUT2D eigenvalue weighted by atomic mass is 9.90. The van der Waals surface area contributed by atoms with E-state index in [1.54, 1.807) is 5.51 Å². The summed E-state index contributed by atoms with van der Waals surface area (Å²) in [6, 6.07) is 0. The number of carbonyl (C=O) groups is 2. The molecule has 6 heteroatoms. The fourth-order valence-electron chi connectivity index (χ4n) is 3.06. The smallest absolute Gasteiger partial charge is 0.307 e. The predicted octanol–water partition coefficient (Wildman–Crippen LogP) is 1.78. The number of nitrogens with zero attached hydrogens (tertiary/aromatic N) is 2. The van der Waals surface area contributed by atoms with E-state index >= 15 is 0 Å². The van der Waals surface area contributed by atoms with Crippen LogP contribution in [0.4, 0.5) is 0 Å². The average molecular weight is 280 g/mol. The van der Waals surface area contributed by atoms with E-state index < -0.39 is 5.97 Å². The van der Waals surface area contributed by atoms with Gasteiger partial charge in [0.2, 0.25) is 0 Å². The van der Waals surface area contributed by atoms with Gasteiger partial charge in [0.05, 0.1) is 17.1 Å². The summed E-state index contributed by atoms with van der Waals surface area (Å²) in [6.07, 6.45) is 2.41. The van der Waals surface area contributed by atoms with Gasteiger partial charge in [-0.15, -0.1) is 11.3 Å². The van der Waals surface area contributed by atoms with E-state index in [9.17, 15) is 9.59 Å². The molecule has 1 aliphatic carbocycles. The van der Waals surface area contributed by atoms with Crippen LogP contribution < -0.4 is 0 Å². The van der Waals surface area contributed by atoms with Crippen LogP contribution in [0.5, 0.6) is 0 Å². The summed E-state index contributed by atoms with van der Waals surface area (Å²) in [5.74, 6) is -0.824. The largest absolute Gasteiger partial charge is 0.481 e. The Kier molecular flexibility index (Phi) is 2.85. The maximum Gasteiger partial charge on any atom is 0.307 e. The first-order valence-electron chi connectivity index (χ1n) is 6.46. The van der Waals surface area contributed by atoms with Gasteiger partial charge in [0, 0.05) is 13.1 Å². The van der Waals surface area contributed by atoms with Gasteiger partial charge in [0.25, 0.3) is 5.91 Å². The number of carboxylic acid groups (broad SMARTS) is 1. The molecule has 1 saturated heterocycles. The third-order valence-electron chi connectivity index (χ3n) is 4.47. The first kappa shape index (κ1) is 12.6. The lowest BCUT2D eigenvalue weighted by Crippen LogP contribution is -2.39. The highest BCUT2D eigenvalue weighted by Gasteiger charge is 2.59. The van der Waals surface area contributed by atoms with Crippen molar-refractivity contribution in [2.45, 2.75) is 26.2 Å². The zero-order chi connectivity index (χ0) is 13.6. The lowest BCUT2D eigenvalue weighted by Gasteiger charge is -2.32. The highest BCUT2D eigenvalue weighted by Crippen LogP contribution is 2.59. The van der Waals surface area contributed by atoms with Gasteiger partial charge in [0.1, 0.15) is 4.88 Å². The second-order valence-electron chi connectivity index (χ2n) is 5.52. The van der Waals surface area contributed by atoms with E-state index in [4.69, 9.17) is 5.11 Å². The molecule has 19 heavy (non-hydrogen) atoms. The van der Waals surface area contributed by atoms with E-state index in [0.29, 0.717) is 18.0 Å². The van der Waals surface area contributed by atoms with Gasteiger partial charge in [-0.25, -0.2) is 4.98 Å². The van der Waals surface area contributed by atoms with Crippen LogP contribution in [0.1, 0.15) is 34.6 Å². The van der Waals surface area contributed by atoms with Crippen molar-refractivity contribution in [1.82, 2.24) is 9.88 Å². The number of rotatable bonds is 2. The summed E-state index contributed by atoms with van der Waals surface area (Å²) in [5, 5.41) is 9.05. The van der Waals surface area contributed by atoms with E-state index in [-0.39, 0.29) is 17.2 Å². The summed E-state index contributed by atoms with van der Waals surface area (Å²) >= 11 is 1.38. The second-order valence-corrected chi connectivity index (χ2v) is 6.37. The number of carbonyl (C=O) groups excluding carboxylic acids is 1. The Labute approximate surface area is 115 Å². The number of aryl methyl sites for hydroxylation is 1. The van der Waals surface area contributed by atoms with Crippen LogP contribution in [-0.2, 0) is 4.79 Å². The molecular weight excluding hydrogens is 264 g/mol. The first-order chi connectivity index (χ1) is 9.03. The maximum atomic E-state index is 12.3. The van der Waals surface area contributed by atoms with Crippen molar-refractivity contribution >= 4 is 23.2 Å². The number of piperidine rings is 1. The van der Waals surface area contributed by atoms with Crippen LogP contribution in [-0.4, -0.2) is 40.0 Å². The minimum atomic E-state index is -0.682. The van der Waals surface area contributed by atoms with Crippen LogP contribution in [0.3, 0.4) is 0 Å². The van der Waals surface area contributed by atoms with Crippen molar-refractivity contribution in [2.24, 2.45) is 11.3 Å². The van der Waals surface area contributed by atoms with Crippen molar-refractivity contribution in [3.8, 4) is 0 Å². The van der Waals surface area contributed by atoms with Crippen LogP contribution in [0, 0.1) is 18.3 Å². The first-order valence-corrected chi connectivity index (χ1v) is 7.34. The van der Waals surface area contributed by atoms with E-state index in [2.05, 4.69) is 4.98 Å². The summed E-state index contributed by atoms with van der Waals surface area (Å²) in [5.41, 5.74) is 2.45. The molecule has 3 rings (SSSR count). The lowest BCUT2D eigenvalue weighted by molar-refractivity contribution is -0.139. The number of carboxylic acids is 1. The summed E-state index contributed by atoms with van der Waals surface area (Å²) in [6.45, 7) is 3.18. The number of amides is 1. The Hall–Kier alpha value is -1.43. The molecule has 1 aliphatic heterocycles. The SMILES string of the molecule is Cc1ncsc1C(=O)N1CCC2(CC1)CC2C(=O)O. The fraction of sp³-hybridized carbons (Fsp3) is 0.615. The number of likely N-dealkylation sites (tertiary alicyclic amines) is 1. The van der Waals surface area contributed by atoms with Gasteiger partial charge in [-0.1, -0.05) is 0 Å². The molecule has 1 unspecified atom stereocenters. The zero-order valence-corrected chi connectivity index (χ0v) is 11.6. The molecule has 1 N–H and O–H groups in total. The molecule has 102 valence electrons. The second kappa shape index (κ2) is 4.30. The van der Waals surface area contributed by atoms with Gasteiger partial charge in [-0.3, -0.25) is 9.59 Å². The van der Waals surface area contributed by atoms with Crippen molar-refractivity contribution in [2.75, 3.05) is 13.1 Å². The molecule has 0 bridgehead atoms. The summed E-state index contributed by atoms with van der Waals surface area (Å²) in [7, 11) is 0. The van der Waals surface area contributed by atoms with E-state index in [0.717, 1.165) is 25.0 Å². The molecule has 1 saturated carbocycles. The van der Waals surface area contributed by atoms with Crippen molar-refractivity contribution < 1.29 is 14.7 Å². The molecule has 2 fully saturated rings. The van der Waals surface area contributed by atoms with Crippen LogP contribution in [0.2, 0.25) is 0 Å². The highest BCUT2D eigenvalue weighted by molar-refractivity contribution is 7.11. The monoisotopic (exact) mass is 280 g/mol. The number of hydrogen-bond donors (Lipinski definition) is 1. The molecule has 1 amide bonds. The van der Waals surface area contributed by atoms with Crippen molar-refractivity contribution in [1.29, 1.82) is 0 Å². The third kappa shape index (κ3) is 2.04. The van der Waals surface area contributed by atoms with Crippen molar-refractivity contribution in [3.05, 3.63) is 16.1 Å². The number of aromatic nitrogens is 1. The molecular formula is C13H16N2O3S. The third-order valence-corrected chi connectivity index (χ3v) is 5.39. The number of thiazole rings is 1. The minimum Gasteiger partial charge on any atom is -0.481 e. The normalized spacial score (nSPS) is 24.5. The Bertz CT molecular complexity index is 532. The highest BCUT2D eigenvalue weighted by atomic mass is 32.1. The Morgan fingerprint density at radius 3 is 2.63 bits per heavy atom. The fourth-order valence-corrected chi connectivity index (χ4v) is 3.82. The van der Waals surface area contributed by atoms with Crippen LogP contribution in [0.25, 0.3) is 0 Å². The van der Waals surface area contributed by atoms with Gasteiger partial charge in [-0.05, 0) is 31.6 Å². The molecule has 1 aromatic rings. The molecule has 1 aromatic heterocycles. The van der Waals surface area contributed by atoms with Gasteiger partial charge < -0.3 is 10.0 Å². The Balaban J connectivity index is 1.64. The van der Waals surface area contributed by atoms with Crippen LogP contribution >= 0.6 is 11.3 Å². The standard InChI is InChI=1S/C13H16N2O3S/c1-8-10(19-7-14-8)11(16)15-4-2-13(3-5-15)6-9(13)12(17)18/h7,9H,2-6H2,1H3,(H,17,18). The number of aliphatic carboxylic acids is 1. The Morgan fingerprint density at radius 1 is 1.47 bits per heavy atom. The van der Waals surface area contributed by atoms with E-state index in [1.807, 2.05) is 11.8 Å². The average Bonchev–Trinajstić information content (AvgIpc) is 2.92. The minimum absolute atomic E-state index is 0.0225.